The van der Waals surface area contributed by atoms with E-state index in [9.17, 15) is 9.36 Å². The van der Waals surface area contributed by atoms with E-state index in [2.05, 4.69) is 144 Å². The maximum atomic E-state index is 12.9. The summed E-state index contributed by atoms with van der Waals surface area (Å²) in [5.74, 6) is 0.114. The molecule has 8 aromatic carbocycles. The Kier molecular flexibility index (Phi) is 12.1. The number of aromatic nitrogens is 1. The van der Waals surface area contributed by atoms with Crippen LogP contribution in [0.2, 0.25) is 0 Å². The standard InChI is InChI=1S/C26H17BrO2.C25H14BrNO.Cl3OP/c27-22-15-14-20(25-21-12-6-7-13-24(21)29-26(22)25)19-11-5-4-10-18(19)16-23(28)17-8-2-1-3-9-17;26-19-14-18-22(23-17-11-5-7-13-21(17)28-25(19)23)16-10-4-6-12-20(16)27-24(18)15-8-2-1-3-9-15;1-5(2,3)4/h1-15H,16H2;1-14H;. The Morgan fingerprint density at radius 1 is 0.532 bits per heavy atom. The number of ketones is 1. The molecule has 3 aromatic heterocycles. The van der Waals surface area contributed by atoms with Crippen LogP contribution in [0.5, 0.6) is 0 Å². The van der Waals surface area contributed by atoms with Crippen molar-refractivity contribution in [3.63, 3.8) is 0 Å². The maximum Gasteiger partial charge on any atom is 0.339 e. The summed E-state index contributed by atoms with van der Waals surface area (Å²) in [5.41, 5.74) is 10.4. The van der Waals surface area contributed by atoms with Gasteiger partial charge in [0.25, 0.3) is 0 Å². The van der Waals surface area contributed by atoms with E-state index in [-0.39, 0.29) is 5.78 Å². The summed E-state index contributed by atoms with van der Waals surface area (Å²) in [5, 5.41) is 4.62. The zero-order chi connectivity index (χ0) is 43.0. The fourth-order valence-electron chi connectivity index (χ4n) is 7.96. The molecule has 5 nitrogen and oxygen atoms in total. The van der Waals surface area contributed by atoms with Crippen LogP contribution >= 0.6 is 70.8 Å². The first-order valence-electron chi connectivity index (χ1n) is 19.4. The predicted octanol–water partition coefficient (Wildman–Crippen LogP) is 18.0. The molecule has 0 unspecified atom stereocenters. The first kappa shape index (κ1) is 42.1. The van der Waals surface area contributed by atoms with Crippen LogP contribution in [0.15, 0.2) is 194 Å². The summed E-state index contributed by atoms with van der Waals surface area (Å²) >= 11 is 21.2. The van der Waals surface area contributed by atoms with Crippen LogP contribution in [0.4, 0.5) is 0 Å². The van der Waals surface area contributed by atoms with Crippen molar-refractivity contribution < 1.29 is 18.2 Å². The largest absolute Gasteiger partial charge is 0.455 e. The Bertz CT molecular complexity index is 3510. The molecule has 0 aliphatic heterocycles. The summed E-state index contributed by atoms with van der Waals surface area (Å²) in [6.07, 6.45) is 0.355. The lowest BCUT2D eigenvalue weighted by Crippen LogP contribution is -2.04. The van der Waals surface area contributed by atoms with E-state index in [0.29, 0.717) is 6.42 Å². The van der Waals surface area contributed by atoms with Crippen LogP contribution in [-0.2, 0) is 11.0 Å². The van der Waals surface area contributed by atoms with Gasteiger partial charge in [0, 0.05) is 55.3 Å². The molecule has 11 heteroatoms. The highest BCUT2D eigenvalue weighted by Gasteiger charge is 2.20. The molecule has 0 spiro atoms. The first-order valence-corrected chi connectivity index (χ1v) is 25.4. The number of furan rings is 2. The van der Waals surface area contributed by atoms with E-state index in [4.69, 9.17) is 13.8 Å². The number of carbonyl (C=O) groups is 1. The third kappa shape index (κ3) is 8.59. The highest BCUT2D eigenvalue weighted by atomic mass is 79.9. The molecule has 0 radical (unpaired) electrons. The minimum absolute atomic E-state index is 0.114. The lowest BCUT2D eigenvalue weighted by Gasteiger charge is -2.12. The second-order valence-electron chi connectivity index (χ2n) is 14.3. The molecule has 0 N–H and O–H groups in total. The molecule has 0 fully saturated rings. The average Bonchev–Trinajstić information content (AvgIpc) is 3.88. The van der Waals surface area contributed by atoms with Crippen LogP contribution in [-0.4, -0.2) is 10.8 Å². The van der Waals surface area contributed by atoms with Crippen LogP contribution in [0, 0.1) is 0 Å². The quantitative estimate of drug-likeness (QED) is 0.0976. The third-order valence-electron chi connectivity index (χ3n) is 10.5. The normalized spacial score (nSPS) is 11.5. The molecular formula is C51H31Br2Cl3NO4P. The van der Waals surface area contributed by atoms with Gasteiger partial charge in [-0.3, -0.25) is 9.36 Å². The molecule has 0 atom stereocenters. The van der Waals surface area contributed by atoms with Gasteiger partial charge < -0.3 is 8.83 Å². The van der Waals surface area contributed by atoms with Gasteiger partial charge in [0.1, 0.15) is 22.3 Å². The Morgan fingerprint density at radius 2 is 1.06 bits per heavy atom. The molecule has 0 aliphatic carbocycles. The Balaban J connectivity index is 0.000000143. The number of rotatable bonds is 5. The van der Waals surface area contributed by atoms with Crippen LogP contribution < -0.4 is 0 Å². The van der Waals surface area contributed by atoms with Crippen LogP contribution in [0.25, 0.3) is 87.9 Å². The van der Waals surface area contributed by atoms with Gasteiger partial charge in [0.15, 0.2) is 5.78 Å². The Labute approximate surface area is 387 Å². The molecule has 11 rings (SSSR count). The maximum absolute atomic E-state index is 12.9. The first-order chi connectivity index (χ1) is 30.0. The van der Waals surface area contributed by atoms with Crippen molar-refractivity contribution in [2.24, 2.45) is 0 Å². The second-order valence-corrected chi connectivity index (χ2v) is 22.7. The van der Waals surface area contributed by atoms with E-state index in [0.717, 1.165) is 103 Å². The van der Waals surface area contributed by atoms with Crippen molar-refractivity contribution >= 4 is 142 Å². The lowest BCUT2D eigenvalue weighted by atomic mass is 9.92. The van der Waals surface area contributed by atoms with Crippen molar-refractivity contribution in [1.29, 1.82) is 0 Å². The Morgan fingerprint density at radius 3 is 1.74 bits per heavy atom. The molecule has 0 saturated heterocycles. The number of hydrogen-bond donors (Lipinski definition) is 0. The topological polar surface area (TPSA) is 73.3 Å². The SMILES string of the molecule is Brc1cc2c(-c3ccccc3)nc3ccccc3c2c2c1oc1ccccc12.O=C(Cc1ccccc1-c1ccc(Br)c2oc3ccccc3c12)c1ccccc1.O=P(Cl)(Cl)Cl. The number of carbonyl (C=O) groups excluding carboxylic acids is 1. The molecular weight excluding hydrogens is 988 g/mol. The van der Waals surface area contributed by atoms with Gasteiger partial charge in [0.05, 0.1) is 20.2 Å². The van der Waals surface area contributed by atoms with Gasteiger partial charge in [-0.2, -0.15) is 0 Å². The summed E-state index contributed by atoms with van der Waals surface area (Å²) in [7, 11) is 0. The fraction of sp³-hybridized carbons (Fsp3) is 0.0196. The molecule has 3 heterocycles. The summed E-state index contributed by atoms with van der Waals surface area (Å²) in [6, 6.07) is 58.8. The molecule has 0 amide bonds. The van der Waals surface area contributed by atoms with Gasteiger partial charge in [-0.1, -0.05) is 146 Å². The highest BCUT2D eigenvalue weighted by molar-refractivity contribution is 9.11. The molecule has 0 bridgehead atoms. The number of benzene rings is 8. The van der Waals surface area contributed by atoms with Crippen molar-refractivity contribution in [1.82, 2.24) is 4.98 Å². The molecule has 62 heavy (non-hydrogen) atoms. The molecule has 11 aromatic rings. The van der Waals surface area contributed by atoms with Gasteiger partial charge in [-0.05, 0) is 113 Å². The smallest absolute Gasteiger partial charge is 0.339 e. The van der Waals surface area contributed by atoms with E-state index in [1.54, 1.807) is 0 Å². The average molecular weight is 1020 g/mol. The second kappa shape index (κ2) is 17.9. The van der Waals surface area contributed by atoms with Crippen LogP contribution in [0.1, 0.15) is 15.9 Å². The van der Waals surface area contributed by atoms with Crippen molar-refractivity contribution in [2.45, 2.75) is 6.42 Å². The number of para-hydroxylation sites is 3. The summed E-state index contributed by atoms with van der Waals surface area (Å²) in [4.78, 5) is 17.9. The number of pyridine rings is 1. The van der Waals surface area contributed by atoms with Gasteiger partial charge >= 0.3 is 5.20 Å². The number of nitrogens with zero attached hydrogens (tertiary/aromatic N) is 1. The monoisotopic (exact) mass is 1010 g/mol. The lowest BCUT2D eigenvalue weighted by molar-refractivity contribution is 0.0993. The van der Waals surface area contributed by atoms with E-state index in [1.807, 2.05) is 97.1 Å². The summed E-state index contributed by atoms with van der Waals surface area (Å²) < 4.78 is 23.7. The van der Waals surface area contributed by atoms with Gasteiger partial charge in [0.2, 0.25) is 0 Å². The number of Topliss-reactive ketones (excluding diaryl/α,β-unsaturated/α-hetero) is 1. The Hall–Kier alpha value is -5.24. The van der Waals surface area contributed by atoms with E-state index in [1.165, 1.54) is 5.39 Å². The predicted molar refractivity (Wildman–Crippen MR) is 266 cm³/mol. The van der Waals surface area contributed by atoms with Gasteiger partial charge in [-0.25, -0.2) is 4.98 Å². The number of halogens is 5. The van der Waals surface area contributed by atoms with Crippen molar-refractivity contribution in [3.8, 4) is 22.4 Å². The number of fused-ring (bicyclic) bond motifs is 10. The van der Waals surface area contributed by atoms with Crippen molar-refractivity contribution in [3.05, 3.63) is 196 Å². The minimum atomic E-state index is -3.22. The van der Waals surface area contributed by atoms with Gasteiger partial charge in [-0.15, -0.1) is 0 Å². The number of hydrogen-bond acceptors (Lipinski definition) is 5. The van der Waals surface area contributed by atoms with Crippen LogP contribution in [0.3, 0.4) is 0 Å². The summed E-state index contributed by atoms with van der Waals surface area (Å²) in [6.45, 7) is 0. The molecule has 0 aliphatic rings. The van der Waals surface area contributed by atoms with Crippen molar-refractivity contribution in [2.75, 3.05) is 0 Å². The fourth-order valence-corrected chi connectivity index (χ4v) is 8.88. The molecule has 0 saturated carbocycles. The zero-order valence-electron chi connectivity index (χ0n) is 32.4. The van der Waals surface area contributed by atoms with E-state index < -0.39 is 5.20 Å². The third-order valence-corrected chi connectivity index (χ3v) is 11.8. The minimum Gasteiger partial charge on any atom is -0.455 e. The van der Waals surface area contributed by atoms with E-state index >= 15 is 0 Å². The highest BCUT2D eigenvalue weighted by Crippen LogP contribution is 2.61. The zero-order valence-corrected chi connectivity index (χ0v) is 38.7. The molecule has 304 valence electrons.